The molecule has 3 aromatic carbocycles. The van der Waals surface area contributed by atoms with Gasteiger partial charge in [0.05, 0.1) is 16.8 Å². The Balaban J connectivity index is 1.42. The summed E-state index contributed by atoms with van der Waals surface area (Å²) in [5.41, 5.74) is 3.31. The molecule has 0 spiro atoms. The quantitative estimate of drug-likeness (QED) is 0.450. The molecular formula is C23H22BrClN2O. The van der Waals surface area contributed by atoms with Gasteiger partial charge in [0.1, 0.15) is 5.75 Å². The van der Waals surface area contributed by atoms with Crippen molar-refractivity contribution in [1.29, 1.82) is 0 Å². The smallest absolute Gasteiger partial charge is 0.139 e. The third kappa shape index (κ3) is 4.19. The Morgan fingerprint density at radius 2 is 1.57 bits per heavy atom. The molecule has 0 aromatic heterocycles. The van der Waals surface area contributed by atoms with Crippen molar-refractivity contribution >= 4 is 33.2 Å². The van der Waals surface area contributed by atoms with E-state index in [4.69, 9.17) is 11.6 Å². The lowest BCUT2D eigenvalue weighted by Crippen LogP contribution is -2.51. The summed E-state index contributed by atoms with van der Waals surface area (Å²) in [6, 6.07) is 25.0. The molecule has 0 radical (unpaired) electrons. The number of likely N-dealkylation sites (tertiary alicyclic amines) is 1. The van der Waals surface area contributed by atoms with Crippen LogP contribution in [-0.4, -0.2) is 29.6 Å². The summed E-state index contributed by atoms with van der Waals surface area (Å²) in [6.07, 6.45) is 0. The summed E-state index contributed by atoms with van der Waals surface area (Å²) in [6.45, 7) is 2.82. The fraction of sp³-hybridized carbons (Fsp3) is 0.217. The first-order chi connectivity index (χ1) is 13.6. The van der Waals surface area contributed by atoms with Crippen molar-refractivity contribution in [3.8, 4) is 5.75 Å². The molecule has 1 heterocycles. The first kappa shape index (κ1) is 19.3. The molecule has 0 aliphatic carbocycles. The van der Waals surface area contributed by atoms with Gasteiger partial charge in [0.25, 0.3) is 0 Å². The Hall–Kier alpha value is -2.01. The van der Waals surface area contributed by atoms with E-state index < -0.39 is 0 Å². The van der Waals surface area contributed by atoms with Crippen LogP contribution < -0.4 is 5.32 Å². The second-order valence-corrected chi connectivity index (χ2v) is 8.47. The molecule has 3 nitrogen and oxygen atoms in total. The highest BCUT2D eigenvalue weighted by Gasteiger charge is 2.33. The number of halogens is 2. The van der Waals surface area contributed by atoms with Gasteiger partial charge >= 0.3 is 0 Å². The maximum Gasteiger partial charge on any atom is 0.139 e. The van der Waals surface area contributed by atoms with E-state index in [1.807, 2.05) is 0 Å². The molecule has 4 rings (SSSR count). The number of hydrogen-bond acceptors (Lipinski definition) is 3. The van der Waals surface area contributed by atoms with Crippen LogP contribution in [-0.2, 0) is 0 Å². The zero-order chi connectivity index (χ0) is 19.5. The monoisotopic (exact) mass is 456 g/mol. The maximum absolute atomic E-state index is 10.1. The van der Waals surface area contributed by atoms with E-state index in [1.54, 1.807) is 12.1 Å². The third-order valence-electron chi connectivity index (χ3n) is 5.20. The highest BCUT2D eigenvalue weighted by Crippen LogP contribution is 2.36. The first-order valence-corrected chi connectivity index (χ1v) is 10.5. The predicted molar refractivity (Wildman–Crippen MR) is 119 cm³/mol. The SMILES string of the molecule is Oc1cc(Br)c(Cl)cc1NCC1CN(C(c2ccccc2)c2ccccc2)C1. The maximum atomic E-state index is 10.1. The normalized spacial score (nSPS) is 14.8. The number of phenolic OH excluding ortho intramolecular Hbond substituents is 1. The summed E-state index contributed by atoms with van der Waals surface area (Å²) >= 11 is 9.47. The number of phenols is 1. The van der Waals surface area contributed by atoms with Gasteiger partial charge in [0.2, 0.25) is 0 Å². The van der Waals surface area contributed by atoms with E-state index >= 15 is 0 Å². The lowest BCUT2D eigenvalue weighted by atomic mass is 9.90. The Morgan fingerprint density at radius 3 is 2.14 bits per heavy atom. The molecule has 2 N–H and O–H groups in total. The van der Waals surface area contributed by atoms with E-state index in [-0.39, 0.29) is 11.8 Å². The number of nitrogens with one attached hydrogen (secondary N) is 1. The van der Waals surface area contributed by atoms with Crippen LogP contribution in [0.25, 0.3) is 0 Å². The lowest BCUT2D eigenvalue weighted by Gasteiger charge is -2.45. The third-order valence-corrected chi connectivity index (χ3v) is 6.40. The highest BCUT2D eigenvalue weighted by atomic mass is 79.9. The van der Waals surface area contributed by atoms with Gasteiger partial charge in [-0.2, -0.15) is 0 Å². The predicted octanol–water partition coefficient (Wildman–Crippen LogP) is 5.94. The van der Waals surface area contributed by atoms with E-state index in [1.165, 1.54) is 11.1 Å². The van der Waals surface area contributed by atoms with Gasteiger partial charge in [-0.15, -0.1) is 0 Å². The van der Waals surface area contributed by atoms with Gasteiger partial charge in [-0.05, 0) is 39.2 Å². The number of nitrogens with zero attached hydrogens (tertiary/aromatic N) is 1. The first-order valence-electron chi connectivity index (χ1n) is 9.37. The zero-order valence-electron chi connectivity index (χ0n) is 15.4. The molecule has 5 heteroatoms. The second kappa shape index (κ2) is 8.56. The molecule has 0 amide bonds. The van der Waals surface area contributed by atoms with Crippen molar-refractivity contribution in [2.24, 2.45) is 5.92 Å². The number of hydrogen-bond donors (Lipinski definition) is 2. The van der Waals surface area contributed by atoms with Crippen LogP contribution >= 0.6 is 27.5 Å². The molecule has 28 heavy (non-hydrogen) atoms. The van der Waals surface area contributed by atoms with Crippen LogP contribution in [0.2, 0.25) is 5.02 Å². The average Bonchev–Trinajstić information content (AvgIpc) is 2.68. The van der Waals surface area contributed by atoms with Gasteiger partial charge in [-0.1, -0.05) is 72.3 Å². The summed E-state index contributed by atoms with van der Waals surface area (Å²) in [5, 5.41) is 14.0. The summed E-state index contributed by atoms with van der Waals surface area (Å²) in [7, 11) is 0. The number of rotatable bonds is 6. The minimum atomic E-state index is 0.207. The van der Waals surface area contributed by atoms with Gasteiger partial charge < -0.3 is 10.4 Å². The zero-order valence-corrected chi connectivity index (χ0v) is 17.7. The molecule has 1 aliphatic rings. The molecule has 1 fully saturated rings. The molecule has 1 aliphatic heterocycles. The topological polar surface area (TPSA) is 35.5 Å². The summed E-state index contributed by atoms with van der Waals surface area (Å²) in [5.74, 6) is 0.732. The van der Waals surface area contributed by atoms with Crippen LogP contribution in [0.5, 0.6) is 5.75 Å². The molecule has 3 aromatic rings. The summed E-state index contributed by atoms with van der Waals surface area (Å²) < 4.78 is 0.695. The van der Waals surface area contributed by atoms with E-state index in [9.17, 15) is 5.11 Å². The van der Waals surface area contributed by atoms with Gasteiger partial charge in [-0.3, -0.25) is 4.90 Å². The average molecular weight is 458 g/mol. The van der Waals surface area contributed by atoms with Crippen molar-refractivity contribution in [3.63, 3.8) is 0 Å². The van der Waals surface area contributed by atoms with Crippen LogP contribution in [0.4, 0.5) is 5.69 Å². The van der Waals surface area contributed by atoms with Crippen LogP contribution in [0.3, 0.4) is 0 Å². The lowest BCUT2D eigenvalue weighted by molar-refractivity contribution is 0.0760. The van der Waals surface area contributed by atoms with Gasteiger partial charge in [0.15, 0.2) is 0 Å². The minimum Gasteiger partial charge on any atom is -0.506 e. The Morgan fingerprint density at radius 1 is 1.00 bits per heavy atom. The van der Waals surface area contributed by atoms with Crippen molar-refractivity contribution < 1.29 is 5.11 Å². The van der Waals surface area contributed by atoms with Crippen molar-refractivity contribution in [2.45, 2.75) is 6.04 Å². The largest absolute Gasteiger partial charge is 0.506 e. The minimum absolute atomic E-state index is 0.207. The summed E-state index contributed by atoms with van der Waals surface area (Å²) in [4.78, 5) is 2.51. The molecule has 0 unspecified atom stereocenters. The molecule has 0 bridgehead atoms. The highest BCUT2D eigenvalue weighted by molar-refractivity contribution is 9.10. The standard InChI is InChI=1S/C23H22BrClN2O/c24-19-11-22(28)21(12-20(19)25)26-13-16-14-27(15-16)23(17-7-3-1-4-8-17)18-9-5-2-6-10-18/h1-12,16,23,26,28H,13-15H2. The Bertz CT molecular complexity index is 891. The van der Waals surface area contributed by atoms with E-state index in [0.717, 1.165) is 19.6 Å². The Labute approximate surface area is 179 Å². The molecule has 0 saturated carbocycles. The fourth-order valence-corrected chi connectivity index (χ4v) is 4.26. The molecule has 1 saturated heterocycles. The van der Waals surface area contributed by atoms with Crippen molar-refractivity contribution in [3.05, 3.63) is 93.4 Å². The van der Waals surface area contributed by atoms with Crippen LogP contribution in [0.1, 0.15) is 17.2 Å². The number of anilines is 1. The number of benzene rings is 3. The van der Waals surface area contributed by atoms with Crippen LogP contribution in [0.15, 0.2) is 77.3 Å². The second-order valence-electron chi connectivity index (χ2n) is 7.21. The van der Waals surface area contributed by atoms with E-state index in [2.05, 4.69) is 86.8 Å². The molecule has 144 valence electrons. The fourth-order valence-electron chi connectivity index (χ4n) is 3.77. The van der Waals surface area contributed by atoms with Crippen LogP contribution in [0, 0.1) is 5.92 Å². The number of aromatic hydroxyl groups is 1. The molecule has 0 atom stereocenters. The Kier molecular flexibility index (Phi) is 5.90. The van der Waals surface area contributed by atoms with Gasteiger partial charge in [0, 0.05) is 30.0 Å². The molecular weight excluding hydrogens is 436 g/mol. The van der Waals surface area contributed by atoms with E-state index in [0.29, 0.717) is 21.1 Å². The van der Waals surface area contributed by atoms with Crippen molar-refractivity contribution in [2.75, 3.05) is 25.0 Å². The van der Waals surface area contributed by atoms with Gasteiger partial charge in [-0.25, -0.2) is 0 Å². The van der Waals surface area contributed by atoms with Crippen molar-refractivity contribution in [1.82, 2.24) is 4.90 Å².